The number of halogens is 2. The van der Waals surface area contributed by atoms with E-state index in [2.05, 4.69) is 20.9 Å². The molecule has 0 unspecified atom stereocenters. The molecule has 0 fully saturated rings. The lowest BCUT2D eigenvalue weighted by Crippen LogP contribution is -2.07. The van der Waals surface area contributed by atoms with Crippen LogP contribution in [0.1, 0.15) is 21.5 Å². The van der Waals surface area contributed by atoms with E-state index in [1.807, 2.05) is 6.92 Å². The Morgan fingerprint density at radius 1 is 1.39 bits per heavy atom. The summed E-state index contributed by atoms with van der Waals surface area (Å²) in [5.74, 6) is -0.407. The molecule has 1 aromatic carbocycles. The quantitative estimate of drug-likeness (QED) is 0.809. The number of aryl methyl sites for hydroxylation is 1. The number of aromatic nitrogens is 1. The molecule has 0 spiro atoms. The van der Waals surface area contributed by atoms with E-state index >= 15 is 0 Å². The topological polar surface area (TPSA) is 30.0 Å². The monoisotopic (exact) mass is 307 g/mol. The molecule has 0 bridgehead atoms. The number of Topliss-reactive ketones (excluding diaryl/α,β-unsaturated/α-hetero) is 1. The van der Waals surface area contributed by atoms with Crippen LogP contribution in [0.15, 0.2) is 41.1 Å². The smallest absolute Gasteiger partial charge is 0.169 e. The van der Waals surface area contributed by atoms with Crippen LogP contribution in [-0.4, -0.2) is 10.8 Å². The molecule has 0 saturated carbocycles. The average Bonchev–Trinajstić information content (AvgIpc) is 2.34. The first kappa shape index (κ1) is 12.9. The number of hydrogen-bond donors (Lipinski definition) is 0. The molecule has 1 heterocycles. The molecule has 0 aliphatic heterocycles. The van der Waals surface area contributed by atoms with Crippen LogP contribution in [0.25, 0.3) is 0 Å². The second-order valence-corrected chi connectivity index (χ2v) is 4.88. The fraction of sp³-hybridized carbons (Fsp3) is 0.143. The van der Waals surface area contributed by atoms with Gasteiger partial charge < -0.3 is 0 Å². The number of rotatable bonds is 3. The van der Waals surface area contributed by atoms with Crippen molar-refractivity contribution in [2.24, 2.45) is 0 Å². The van der Waals surface area contributed by atoms with Gasteiger partial charge in [0.15, 0.2) is 5.78 Å². The van der Waals surface area contributed by atoms with Gasteiger partial charge in [-0.1, -0.05) is 15.9 Å². The van der Waals surface area contributed by atoms with Crippen molar-refractivity contribution < 1.29 is 9.18 Å². The highest BCUT2D eigenvalue weighted by atomic mass is 79.9. The van der Waals surface area contributed by atoms with Crippen molar-refractivity contribution in [3.63, 3.8) is 0 Å². The van der Waals surface area contributed by atoms with Gasteiger partial charge in [0.2, 0.25) is 0 Å². The molecule has 0 aliphatic carbocycles. The normalized spacial score (nSPS) is 10.4. The predicted octanol–water partition coefficient (Wildman–Crippen LogP) is 3.72. The number of benzene rings is 1. The van der Waals surface area contributed by atoms with Crippen molar-refractivity contribution in [3.05, 3.63) is 63.6 Å². The molecule has 92 valence electrons. The van der Waals surface area contributed by atoms with Gasteiger partial charge in [-0.3, -0.25) is 9.78 Å². The third kappa shape index (κ3) is 2.82. The Hall–Kier alpha value is -1.55. The highest BCUT2D eigenvalue weighted by Crippen LogP contribution is 2.20. The second kappa shape index (κ2) is 5.40. The SMILES string of the molecule is Cc1ccncc1C(=O)Cc1cc(F)ccc1Br. The summed E-state index contributed by atoms with van der Waals surface area (Å²) in [5.41, 5.74) is 2.10. The van der Waals surface area contributed by atoms with E-state index in [0.29, 0.717) is 11.1 Å². The summed E-state index contributed by atoms with van der Waals surface area (Å²) in [6, 6.07) is 6.11. The van der Waals surface area contributed by atoms with Gasteiger partial charge >= 0.3 is 0 Å². The van der Waals surface area contributed by atoms with Crippen molar-refractivity contribution in [1.82, 2.24) is 4.98 Å². The molecule has 2 nitrogen and oxygen atoms in total. The Bertz CT molecular complexity index is 598. The second-order valence-electron chi connectivity index (χ2n) is 4.03. The summed E-state index contributed by atoms with van der Waals surface area (Å²) in [4.78, 5) is 16.1. The van der Waals surface area contributed by atoms with E-state index in [1.54, 1.807) is 24.5 Å². The summed E-state index contributed by atoms with van der Waals surface area (Å²) >= 11 is 3.32. The minimum atomic E-state index is -0.344. The molecule has 2 aromatic rings. The fourth-order valence-electron chi connectivity index (χ4n) is 1.70. The Labute approximate surface area is 113 Å². The molecule has 0 radical (unpaired) electrons. The van der Waals surface area contributed by atoms with Crippen LogP contribution >= 0.6 is 15.9 Å². The van der Waals surface area contributed by atoms with Crippen molar-refractivity contribution in [3.8, 4) is 0 Å². The van der Waals surface area contributed by atoms with Gasteiger partial charge in [0.05, 0.1) is 0 Å². The number of nitrogens with zero attached hydrogens (tertiary/aromatic N) is 1. The van der Waals surface area contributed by atoms with Gasteiger partial charge in [-0.2, -0.15) is 0 Å². The van der Waals surface area contributed by atoms with E-state index < -0.39 is 0 Å². The largest absolute Gasteiger partial charge is 0.294 e. The zero-order chi connectivity index (χ0) is 13.1. The molecule has 18 heavy (non-hydrogen) atoms. The highest BCUT2D eigenvalue weighted by molar-refractivity contribution is 9.10. The van der Waals surface area contributed by atoms with Crippen molar-refractivity contribution in [2.75, 3.05) is 0 Å². The maximum absolute atomic E-state index is 13.1. The van der Waals surface area contributed by atoms with Gasteiger partial charge in [0, 0.05) is 28.9 Å². The molecule has 0 N–H and O–H groups in total. The van der Waals surface area contributed by atoms with Crippen molar-refractivity contribution >= 4 is 21.7 Å². The number of hydrogen-bond acceptors (Lipinski definition) is 2. The van der Waals surface area contributed by atoms with Gasteiger partial charge in [-0.25, -0.2) is 4.39 Å². The van der Waals surface area contributed by atoms with Crippen LogP contribution in [0.5, 0.6) is 0 Å². The van der Waals surface area contributed by atoms with Crippen LogP contribution in [0.2, 0.25) is 0 Å². The van der Waals surface area contributed by atoms with Gasteiger partial charge in [-0.15, -0.1) is 0 Å². The molecule has 1 aromatic heterocycles. The average molecular weight is 308 g/mol. The van der Waals surface area contributed by atoms with E-state index in [1.165, 1.54) is 12.1 Å². The Balaban J connectivity index is 2.27. The third-order valence-electron chi connectivity index (χ3n) is 2.70. The zero-order valence-corrected chi connectivity index (χ0v) is 11.4. The van der Waals surface area contributed by atoms with Crippen molar-refractivity contribution in [2.45, 2.75) is 13.3 Å². The van der Waals surface area contributed by atoms with Gasteiger partial charge in [-0.05, 0) is 42.3 Å². The molecular formula is C14H11BrFNO. The Morgan fingerprint density at radius 3 is 2.89 bits per heavy atom. The highest BCUT2D eigenvalue weighted by Gasteiger charge is 2.12. The standard InChI is InChI=1S/C14H11BrFNO/c1-9-4-5-17-8-12(9)14(18)7-10-6-11(16)2-3-13(10)15/h2-6,8H,7H2,1H3. The van der Waals surface area contributed by atoms with Crippen LogP contribution in [0.3, 0.4) is 0 Å². The van der Waals surface area contributed by atoms with Gasteiger partial charge in [0.25, 0.3) is 0 Å². The molecule has 0 amide bonds. The van der Waals surface area contributed by atoms with E-state index in [4.69, 9.17) is 0 Å². The third-order valence-corrected chi connectivity index (χ3v) is 3.47. The molecule has 0 atom stereocenters. The first-order valence-corrected chi connectivity index (χ1v) is 6.25. The number of ketones is 1. The summed E-state index contributed by atoms with van der Waals surface area (Å²) in [7, 11) is 0. The fourth-order valence-corrected chi connectivity index (χ4v) is 2.09. The van der Waals surface area contributed by atoms with Crippen LogP contribution in [0, 0.1) is 12.7 Å². The van der Waals surface area contributed by atoms with Crippen LogP contribution in [0.4, 0.5) is 4.39 Å². The molecular weight excluding hydrogens is 297 g/mol. The lowest BCUT2D eigenvalue weighted by Gasteiger charge is -2.06. The Kier molecular flexibility index (Phi) is 3.87. The molecule has 0 aliphatic rings. The summed E-state index contributed by atoms with van der Waals surface area (Å²) in [6.45, 7) is 1.86. The first-order valence-electron chi connectivity index (χ1n) is 5.45. The number of pyridine rings is 1. The van der Waals surface area contributed by atoms with E-state index in [-0.39, 0.29) is 18.0 Å². The lowest BCUT2D eigenvalue weighted by atomic mass is 10.0. The lowest BCUT2D eigenvalue weighted by molar-refractivity contribution is 0.0992. The zero-order valence-electron chi connectivity index (χ0n) is 9.78. The molecule has 0 saturated heterocycles. The molecule has 2 rings (SSSR count). The molecule has 4 heteroatoms. The summed E-state index contributed by atoms with van der Waals surface area (Å²) < 4.78 is 13.9. The Morgan fingerprint density at radius 2 is 2.17 bits per heavy atom. The maximum atomic E-state index is 13.1. The van der Waals surface area contributed by atoms with E-state index in [9.17, 15) is 9.18 Å². The van der Waals surface area contributed by atoms with Crippen LogP contribution < -0.4 is 0 Å². The van der Waals surface area contributed by atoms with Crippen LogP contribution in [-0.2, 0) is 6.42 Å². The minimum absolute atomic E-state index is 0.0631. The van der Waals surface area contributed by atoms with E-state index in [0.717, 1.165) is 10.0 Å². The predicted molar refractivity (Wildman–Crippen MR) is 71.1 cm³/mol. The maximum Gasteiger partial charge on any atom is 0.169 e. The summed E-state index contributed by atoms with van der Waals surface area (Å²) in [5, 5.41) is 0. The summed E-state index contributed by atoms with van der Waals surface area (Å²) in [6.07, 6.45) is 3.35. The minimum Gasteiger partial charge on any atom is -0.294 e. The number of carbonyl (C=O) groups excluding carboxylic acids is 1. The van der Waals surface area contributed by atoms with Gasteiger partial charge in [0.1, 0.15) is 5.82 Å². The number of carbonyl (C=O) groups is 1. The van der Waals surface area contributed by atoms with Crippen molar-refractivity contribution in [1.29, 1.82) is 0 Å². The first-order chi connectivity index (χ1) is 8.58.